The van der Waals surface area contributed by atoms with E-state index in [0.717, 1.165) is 24.0 Å². The lowest BCUT2D eigenvalue weighted by molar-refractivity contribution is 0.0716. The van der Waals surface area contributed by atoms with Crippen LogP contribution in [0.15, 0.2) is 45.6 Å². The average molecular weight is 452 g/mol. The molecule has 7 nitrogen and oxygen atoms in total. The number of methoxy groups -OCH3 is 1. The number of nitrogens with zero attached hydrogens (tertiary/aromatic N) is 1. The number of benzene rings is 2. The summed E-state index contributed by atoms with van der Waals surface area (Å²) in [5.74, 6) is 0.849. The molecule has 0 unspecified atom stereocenters. The van der Waals surface area contributed by atoms with Gasteiger partial charge >= 0.3 is 0 Å². The van der Waals surface area contributed by atoms with Gasteiger partial charge in [0.1, 0.15) is 5.58 Å². The van der Waals surface area contributed by atoms with Crippen molar-refractivity contribution in [3.63, 3.8) is 0 Å². The van der Waals surface area contributed by atoms with Crippen LogP contribution in [-0.4, -0.2) is 42.8 Å². The van der Waals surface area contributed by atoms with Crippen molar-refractivity contribution in [1.82, 2.24) is 4.90 Å². The molecule has 0 bridgehead atoms. The molecule has 7 heteroatoms. The van der Waals surface area contributed by atoms with Crippen LogP contribution in [0.25, 0.3) is 11.0 Å². The van der Waals surface area contributed by atoms with Gasteiger partial charge in [-0.3, -0.25) is 9.59 Å². The number of aliphatic hydroxyl groups excluding tert-OH is 1. The van der Waals surface area contributed by atoms with E-state index in [1.54, 1.807) is 30.2 Å². The third-order valence-corrected chi connectivity index (χ3v) is 5.94. The number of rotatable bonds is 9. The number of hydrogen-bond donors (Lipinski definition) is 1. The smallest absolute Gasteiger partial charge is 0.290 e. The van der Waals surface area contributed by atoms with E-state index >= 15 is 0 Å². The maximum Gasteiger partial charge on any atom is 0.290 e. The molecule has 174 valence electrons. The van der Waals surface area contributed by atoms with Crippen molar-refractivity contribution in [2.45, 2.75) is 39.2 Å². The molecule has 4 rings (SSSR count). The average Bonchev–Trinajstić information content (AvgIpc) is 3.10. The van der Waals surface area contributed by atoms with Gasteiger partial charge in [0.2, 0.25) is 5.76 Å². The fourth-order valence-corrected chi connectivity index (χ4v) is 4.25. The molecule has 0 radical (unpaired) electrons. The maximum atomic E-state index is 13.6. The van der Waals surface area contributed by atoms with Gasteiger partial charge in [-0.2, -0.15) is 0 Å². The Kier molecular flexibility index (Phi) is 6.70. The number of carbonyl (C=O) groups excluding carboxylic acids is 1. The van der Waals surface area contributed by atoms with Gasteiger partial charge in [0, 0.05) is 13.2 Å². The zero-order valence-corrected chi connectivity index (χ0v) is 19.2. The van der Waals surface area contributed by atoms with Crippen LogP contribution in [0, 0.1) is 6.92 Å². The molecule has 33 heavy (non-hydrogen) atoms. The molecule has 3 aromatic rings. The number of ether oxygens (including phenoxy) is 2. The Hall–Kier alpha value is -3.32. The SMILES string of the molecule is CCCCOc1ccc([C@H]2c3c(oc4ccc(C)cc4c3=O)C(=O)N2CCCO)cc1OC. The standard InChI is InChI=1S/C26H29NO6/c1-4-5-13-32-20-10-8-17(15-21(20)31-3)23-22-24(29)18-14-16(2)7-9-19(18)33-25(22)26(30)27(23)11-6-12-28/h7-10,14-15,23,28H,4-6,11-13H2,1-3H3/t23-/m0/s1. The summed E-state index contributed by atoms with van der Waals surface area (Å²) in [6.45, 7) is 4.80. The molecule has 0 saturated heterocycles. The second kappa shape index (κ2) is 9.67. The first-order valence-corrected chi connectivity index (χ1v) is 11.3. The van der Waals surface area contributed by atoms with Crippen LogP contribution >= 0.6 is 0 Å². The number of aliphatic hydroxyl groups is 1. The minimum absolute atomic E-state index is 0.0570. The van der Waals surface area contributed by atoms with Crippen LogP contribution in [0.2, 0.25) is 0 Å². The van der Waals surface area contributed by atoms with E-state index in [4.69, 9.17) is 13.9 Å². The lowest BCUT2D eigenvalue weighted by Crippen LogP contribution is -2.31. The molecule has 2 aromatic carbocycles. The molecule has 1 aliphatic heterocycles. The highest BCUT2D eigenvalue weighted by Crippen LogP contribution is 2.41. The molecule has 1 amide bonds. The van der Waals surface area contributed by atoms with Gasteiger partial charge in [0.05, 0.1) is 30.7 Å². The molecular weight excluding hydrogens is 422 g/mol. The van der Waals surface area contributed by atoms with Crippen molar-refractivity contribution in [2.24, 2.45) is 0 Å². The van der Waals surface area contributed by atoms with Crippen LogP contribution in [0.5, 0.6) is 11.5 Å². The lowest BCUT2D eigenvalue weighted by atomic mass is 9.97. The largest absolute Gasteiger partial charge is 0.493 e. The van der Waals surface area contributed by atoms with Gasteiger partial charge in [-0.15, -0.1) is 0 Å². The molecule has 0 fully saturated rings. The second-order valence-electron chi connectivity index (χ2n) is 8.26. The van der Waals surface area contributed by atoms with Crippen molar-refractivity contribution in [3.8, 4) is 11.5 Å². The Labute approximate surface area is 192 Å². The number of hydrogen-bond acceptors (Lipinski definition) is 6. The summed E-state index contributed by atoms with van der Waals surface area (Å²) in [5.41, 5.74) is 2.14. The Morgan fingerprint density at radius 3 is 2.64 bits per heavy atom. The van der Waals surface area contributed by atoms with Crippen molar-refractivity contribution in [3.05, 3.63) is 69.1 Å². The van der Waals surface area contributed by atoms with Crippen molar-refractivity contribution in [2.75, 3.05) is 26.9 Å². The van der Waals surface area contributed by atoms with E-state index < -0.39 is 6.04 Å². The summed E-state index contributed by atoms with van der Waals surface area (Å²) in [7, 11) is 1.56. The van der Waals surface area contributed by atoms with E-state index in [1.807, 2.05) is 25.1 Å². The highest BCUT2D eigenvalue weighted by molar-refractivity contribution is 5.99. The molecule has 0 saturated carbocycles. The Morgan fingerprint density at radius 1 is 1.09 bits per heavy atom. The third kappa shape index (κ3) is 4.20. The van der Waals surface area contributed by atoms with Gasteiger partial charge < -0.3 is 23.9 Å². The third-order valence-electron chi connectivity index (χ3n) is 5.94. The van der Waals surface area contributed by atoms with Gasteiger partial charge in [0.25, 0.3) is 5.91 Å². The molecule has 1 aromatic heterocycles. The van der Waals surface area contributed by atoms with E-state index in [0.29, 0.717) is 41.1 Å². The van der Waals surface area contributed by atoms with Gasteiger partial charge in [-0.1, -0.05) is 31.0 Å². The molecule has 1 aliphatic rings. The number of carbonyl (C=O) groups is 1. The summed E-state index contributed by atoms with van der Waals surface area (Å²) in [6, 6.07) is 10.2. The van der Waals surface area contributed by atoms with Crippen molar-refractivity contribution in [1.29, 1.82) is 0 Å². The Balaban J connectivity index is 1.85. The molecular formula is C26H29NO6. The van der Waals surface area contributed by atoms with Crippen molar-refractivity contribution < 1.29 is 23.8 Å². The van der Waals surface area contributed by atoms with Crippen LogP contribution in [-0.2, 0) is 0 Å². The monoisotopic (exact) mass is 451 g/mol. The second-order valence-corrected chi connectivity index (χ2v) is 8.26. The lowest BCUT2D eigenvalue weighted by Gasteiger charge is -2.25. The summed E-state index contributed by atoms with van der Waals surface area (Å²) >= 11 is 0. The molecule has 0 spiro atoms. The van der Waals surface area contributed by atoms with E-state index in [-0.39, 0.29) is 30.2 Å². The predicted molar refractivity (Wildman–Crippen MR) is 125 cm³/mol. The summed E-state index contributed by atoms with van der Waals surface area (Å²) in [6.07, 6.45) is 2.33. The number of aryl methyl sites for hydroxylation is 1. The highest BCUT2D eigenvalue weighted by atomic mass is 16.5. The van der Waals surface area contributed by atoms with E-state index in [9.17, 15) is 14.7 Å². The summed E-state index contributed by atoms with van der Waals surface area (Å²) in [4.78, 5) is 28.5. The molecule has 1 N–H and O–H groups in total. The fourth-order valence-electron chi connectivity index (χ4n) is 4.25. The minimum Gasteiger partial charge on any atom is -0.493 e. The quantitative estimate of drug-likeness (QED) is 0.490. The summed E-state index contributed by atoms with van der Waals surface area (Å²) < 4.78 is 17.3. The Morgan fingerprint density at radius 2 is 1.91 bits per heavy atom. The molecule has 2 heterocycles. The zero-order valence-electron chi connectivity index (χ0n) is 19.2. The van der Waals surface area contributed by atoms with Crippen LogP contribution in [0.3, 0.4) is 0 Å². The number of amides is 1. The van der Waals surface area contributed by atoms with Gasteiger partial charge in [-0.25, -0.2) is 0 Å². The fraction of sp³-hybridized carbons (Fsp3) is 0.385. The summed E-state index contributed by atoms with van der Waals surface area (Å²) in [5, 5.41) is 9.83. The normalized spacial score (nSPS) is 15.2. The van der Waals surface area contributed by atoms with E-state index in [2.05, 4.69) is 6.92 Å². The number of fused-ring (bicyclic) bond motifs is 2. The van der Waals surface area contributed by atoms with Gasteiger partial charge in [0.15, 0.2) is 16.9 Å². The van der Waals surface area contributed by atoms with Gasteiger partial charge in [-0.05, 0) is 49.6 Å². The van der Waals surface area contributed by atoms with Crippen molar-refractivity contribution >= 4 is 16.9 Å². The van der Waals surface area contributed by atoms with E-state index in [1.165, 1.54) is 0 Å². The maximum absolute atomic E-state index is 13.6. The number of unbranched alkanes of at least 4 members (excludes halogenated alkanes) is 1. The first kappa shape index (κ1) is 22.9. The Bertz CT molecular complexity index is 1230. The first-order valence-electron chi connectivity index (χ1n) is 11.3. The van der Waals surface area contributed by atoms with Crippen LogP contribution in [0.1, 0.15) is 59.5 Å². The predicted octanol–water partition coefficient (Wildman–Crippen LogP) is 4.22. The topological polar surface area (TPSA) is 89.2 Å². The highest BCUT2D eigenvalue weighted by Gasteiger charge is 2.42. The van der Waals surface area contributed by atoms with Crippen LogP contribution < -0.4 is 14.9 Å². The zero-order chi connectivity index (χ0) is 23.5. The minimum atomic E-state index is -0.640. The molecule has 1 atom stereocenters. The first-order chi connectivity index (χ1) is 16.0. The molecule has 0 aliphatic carbocycles. The van der Waals surface area contributed by atoms with Crippen LogP contribution in [0.4, 0.5) is 0 Å².